The number of carbonyl (C=O) groups excluding carboxylic acids is 2. The summed E-state index contributed by atoms with van der Waals surface area (Å²) in [6.07, 6.45) is 4.70. The quantitative estimate of drug-likeness (QED) is 0.648. The number of amides is 2. The maximum Gasteiger partial charge on any atom is 0.251 e. The lowest BCUT2D eigenvalue weighted by Crippen LogP contribution is -2.58. The molecule has 3 atom stereocenters. The van der Waals surface area contributed by atoms with Crippen molar-refractivity contribution in [2.24, 2.45) is 22.7 Å². The fourth-order valence-corrected chi connectivity index (χ4v) is 5.97. The monoisotopic (exact) mass is 465 g/mol. The molecule has 1 aromatic rings. The van der Waals surface area contributed by atoms with E-state index < -0.39 is 6.04 Å². The van der Waals surface area contributed by atoms with Gasteiger partial charge in [-0.1, -0.05) is 19.1 Å². The zero-order valence-corrected chi connectivity index (χ0v) is 20.1. The Morgan fingerprint density at radius 1 is 1.18 bits per heavy atom. The van der Waals surface area contributed by atoms with E-state index in [0.717, 1.165) is 48.9 Å². The molecule has 1 aliphatic carbocycles. The lowest BCUT2D eigenvalue weighted by Gasteiger charge is -2.42. The fraction of sp³-hybridized carbons (Fsp3) is 0.593. The summed E-state index contributed by atoms with van der Waals surface area (Å²) in [6, 6.07) is 6.82. The van der Waals surface area contributed by atoms with Crippen LogP contribution in [0.15, 0.2) is 40.5 Å². The molecule has 5 rings (SSSR count). The van der Waals surface area contributed by atoms with Crippen molar-refractivity contribution in [3.8, 4) is 0 Å². The van der Waals surface area contributed by atoms with E-state index >= 15 is 0 Å². The number of nitrogens with one attached hydrogen (secondary N) is 1. The third kappa shape index (κ3) is 4.09. The van der Waals surface area contributed by atoms with Crippen molar-refractivity contribution in [1.29, 1.82) is 0 Å². The number of aliphatic imine (C=N–C) groups is 1. The average molecular weight is 466 g/mol. The standard InChI is InChI=1S/C27H35N3O4/c1-3-16-6-5-7-19(14-16)26(32)29-24-21(17-8-9-17)22-20(15-31)28-23(18-10-12-34-13-11-18)25(22)30(4-2)27(24)33/h5-7,14,17-18,21,23-24,31H,3-4,8-13,15H2,1-2H3,(H,29,32)/t21-,23?,24-/m0/s1. The predicted molar refractivity (Wildman–Crippen MR) is 130 cm³/mol. The largest absolute Gasteiger partial charge is 0.390 e. The number of hydrogen-bond donors (Lipinski definition) is 2. The number of ether oxygens (including phenoxy) is 1. The minimum Gasteiger partial charge on any atom is -0.390 e. The lowest BCUT2D eigenvalue weighted by molar-refractivity contribution is -0.133. The molecule has 7 nitrogen and oxygen atoms in total. The normalized spacial score (nSPS) is 27.6. The van der Waals surface area contributed by atoms with Crippen molar-refractivity contribution in [2.75, 3.05) is 26.4 Å². The van der Waals surface area contributed by atoms with Crippen LogP contribution in [0.3, 0.4) is 0 Å². The molecule has 0 spiro atoms. The van der Waals surface area contributed by atoms with Gasteiger partial charge in [0.2, 0.25) is 5.91 Å². The third-order valence-corrected chi connectivity index (χ3v) is 7.87. The van der Waals surface area contributed by atoms with Gasteiger partial charge in [-0.25, -0.2) is 0 Å². The van der Waals surface area contributed by atoms with Crippen LogP contribution < -0.4 is 5.32 Å². The third-order valence-electron chi connectivity index (χ3n) is 7.87. The molecule has 1 unspecified atom stereocenters. The maximum absolute atomic E-state index is 13.9. The molecular formula is C27H35N3O4. The van der Waals surface area contributed by atoms with Crippen LogP contribution in [0, 0.1) is 17.8 Å². The van der Waals surface area contributed by atoms with Crippen molar-refractivity contribution in [2.45, 2.75) is 58.0 Å². The summed E-state index contributed by atoms with van der Waals surface area (Å²) < 4.78 is 5.57. The Hall–Kier alpha value is -2.51. The molecule has 0 bridgehead atoms. The van der Waals surface area contributed by atoms with E-state index in [1.165, 1.54) is 0 Å². The van der Waals surface area contributed by atoms with E-state index in [-0.39, 0.29) is 30.4 Å². The van der Waals surface area contributed by atoms with Gasteiger partial charge in [0.05, 0.1) is 24.1 Å². The Morgan fingerprint density at radius 3 is 2.59 bits per heavy atom. The fourth-order valence-electron chi connectivity index (χ4n) is 5.97. The number of rotatable bonds is 7. The number of carbonyl (C=O) groups is 2. The highest BCUT2D eigenvalue weighted by Crippen LogP contribution is 2.50. The Kier molecular flexibility index (Phi) is 6.58. The van der Waals surface area contributed by atoms with Crippen LogP contribution in [0.5, 0.6) is 0 Å². The van der Waals surface area contributed by atoms with E-state index in [2.05, 4.69) is 12.2 Å². The van der Waals surface area contributed by atoms with Gasteiger partial charge in [-0.3, -0.25) is 14.6 Å². The number of aryl methyl sites for hydroxylation is 1. The van der Waals surface area contributed by atoms with Crippen LogP contribution in [-0.4, -0.2) is 66.0 Å². The Bertz CT molecular complexity index is 1020. The Labute approximate surface area is 201 Å². The van der Waals surface area contributed by atoms with Crippen LogP contribution in [-0.2, 0) is 16.0 Å². The molecule has 34 heavy (non-hydrogen) atoms. The summed E-state index contributed by atoms with van der Waals surface area (Å²) in [7, 11) is 0. The molecule has 1 saturated carbocycles. The van der Waals surface area contributed by atoms with Gasteiger partial charge in [0.15, 0.2) is 0 Å². The van der Waals surface area contributed by atoms with E-state index in [0.29, 0.717) is 42.9 Å². The van der Waals surface area contributed by atoms with Gasteiger partial charge >= 0.3 is 0 Å². The first kappa shape index (κ1) is 23.2. The van der Waals surface area contributed by atoms with Gasteiger partial charge < -0.3 is 20.1 Å². The van der Waals surface area contributed by atoms with Crippen LogP contribution in [0.25, 0.3) is 0 Å². The van der Waals surface area contributed by atoms with Crippen LogP contribution >= 0.6 is 0 Å². The molecule has 0 radical (unpaired) electrons. The number of hydrogen-bond acceptors (Lipinski definition) is 5. The van der Waals surface area contributed by atoms with Crippen molar-refractivity contribution in [1.82, 2.24) is 10.2 Å². The van der Waals surface area contributed by atoms with Gasteiger partial charge in [-0.2, -0.15) is 0 Å². The summed E-state index contributed by atoms with van der Waals surface area (Å²) in [5.41, 5.74) is 4.34. The molecule has 2 fully saturated rings. The number of likely N-dealkylation sites (N-methyl/N-ethyl adjacent to an activating group) is 1. The second kappa shape index (κ2) is 9.62. The van der Waals surface area contributed by atoms with Gasteiger partial charge in [-0.15, -0.1) is 0 Å². The van der Waals surface area contributed by atoms with E-state index in [4.69, 9.17) is 9.73 Å². The predicted octanol–water partition coefficient (Wildman–Crippen LogP) is 2.73. The first-order valence-electron chi connectivity index (χ1n) is 12.8. The van der Waals surface area contributed by atoms with E-state index in [9.17, 15) is 14.7 Å². The van der Waals surface area contributed by atoms with Crippen molar-refractivity contribution >= 4 is 17.5 Å². The topological polar surface area (TPSA) is 91.2 Å². The summed E-state index contributed by atoms with van der Waals surface area (Å²) >= 11 is 0. The minimum absolute atomic E-state index is 0.0513. The van der Waals surface area contributed by atoms with E-state index in [1.54, 1.807) is 6.07 Å². The van der Waals surface area contributed by atoms with Gasteiger partial charge in [0, 0.05) is 36.8 Å². The van der Waals surface area contributed by atoms with Crippen LogP contribution in [0.4, 0.5) is 0 Å². The van der Waals surface area contributed by atoms with Gasteiger partial charge in [0.25, 0.3) is 5.91 Å². The zero-order chi connectivity index (χ0) is 23.8. The van der Waals surface area contributed by atoms with Gasteiger partial charge in [0.1, 0.15) is 6.04 Å². The molecule has 1 saturated heterocycles. The van der Waals surface area contributed by atoms with E-state index in [1.807, 2.05) is 30.0 Å². The SMILES string of the molecule is CCc1cccc(C(=O)N[C@@H]2C(=O)N(CC)C3=C(C(CO)=NC3C3CCOCC3)[C@@H]2C2CC2)c1. The number of benzene rings is 1. The summed E-state index contributed by atoms with van der Waals surface area (Å²) in [6.45, 7) is 5.81. The molecule has 3 aliphatic heterocycles. The van der Waals surface area contributed by atoms with Gasteiger partial charge in [-0.05, 0) is 68.6 Å². The molecule has 3 heterocycles. The van der Waals surface area contributed by atoms with Crippen molar-refractivity contribution in [3.05, 3.63) is 46.7 Å². The van der Waals surface area contributed by atoms with Crippen molar-refractivity contribution < 1.29 is 19.4 Å². The molecule has 1 aromatic carbocycles. The Balaban J connectivity index is 1.52. The number of aliphatic hydroxyl groups excluding tert-OH is 1. The molecule has 7 heteroatoms. The second-order valence-corrected chi connectivity index (χ2v) is 9.88. The Morgan fingerprint density at radius 2 is 1.94 bits per heavy atom. The molecule has 2 amide bonds. The summed E-state index contributed by atoms with van der Waals surface area (Å²) in [5.74, 6) is 0.211. The average Bonchev–Trinajstić information content (AvgIpc) is 3.65. The maximum atomic E-state index is 13.9. The highest BCUT2D eigenvalue weighted by Gasteiger charge is 2.53. The molecular weight excluding hydrogens is 430 g/mol. The first-order chi connectivity index (χ1) is 16.6. The first-order valence-corrected chi connectivity index (χ1v) is 12.8. The smallest absolute Gasteiger partial charge is 0.251 e. The number of nitrogens with zero attached hydrogens (tertiary/aromatic N) is 2. The van der Waals surface area contributed by atoms with Crippen LogP contribution in [0.1, 0.15) is 55.5 Å². The summed E-state index contributed by atoms with van der Waals surface area (Å²) in [4.78, 5) is 34.0. The van der Waals surface area contributed by atoms with Crippen molar-refractivity contribution in [3.63, 3.8) is 0 Å². The summed E-state index contributed by atoms with van der Waals surface area (Å²) in [5, 5.41) is 13.4. The number of aliphatic hydroxyl groups is 1. The zero-order valence-electron chi connectivity index (χ0n) is 20.1. The lowest BCUT2D eigenvalue weighted by atomic mass is 9.77. The molecule has 182 valence electrons. The second-order valence-electron chi connectivity index (χ2n) is 9.88. The van der Waals surface area contributed by atoms with Crippen LogP contribution in [0.2, 0.25) is 0 Å². The molecule has 2 N–H and O–H groups in total. The highest BCUT2D eigenvalue weighted by atomic mass is 16.5. The molecule has 0 aromatic heterocycles. The molecule has 4 aliphatic rings. The highest BCUT2D eigenvalue weighted by molar-refractivity contribution is 6.08. The minimum atomic E-state index is -0.644.